The highest BCUT2D eigenvalue weighted by Crippen LogP contribution is 2.30. The zero-order chi connectivity index (χ0) is 32.8. The van der Waals surface area contributed by atoms with E-state index in [-0.39, 0.29) is 6.42 Å². The molecule has 13 heteroatoms. The van der Waals surface area contributed by atoms with Crippen LogP contribution in [-0.2, 0) is 20.7 Å². The van der Waals surface area contributed by atoms with Gasteiger partial charge in [0.15, 0.2) is 6.23 Å². The maximum Gasteiger partial charge on any atom is 0.330 e. The predicted molar refractivity (Wildman–Crippen MR) is 169 cm³/mol. The molecular weight excluding hydrogens is 582 g/mol. The van der Waals surface area contributed by atoms with Gasteiger partial charge in [0.2, 0.25) is 11.8 Å². The highest BCUT2D eigenvalue weighted by Gasteiger charge is 2.50. The number of rotatable bonds is 19. The minimum atomic E-state index is -1.65. The number of benzene rings is 1. The zero-order valence-corrected chi connectivity index (χ0v) is 26.3. The summed E-state index contributed by atoms with van der Waals surface area (Å²) in [6.45, 7) is 2.54. The number of nitrogens with zero attached hydrogens (tertiary/aromatic N) is 1. The van der Waals surface area contributed by atoms with Crippen LogP contribution >= 0.6 is 0 Å². The topological polar surface area (TPSA) is 198 Å². The number of aliphatic hydroxyl groups is 2. The summed E-state index contributed by atoms with van der Waals surface area (Å²) in [4.78, 5) is 52.6. The Kier molecular flexibility index (Phi) is 14.7. The van der Waals surface area contributed by atoms with Crippen molar-refractivity contribution in [3.63, 3.8) is 0 Å². The fourth-order valence-corrected chi connectivity index (χ4v) is 5.42. The number of aromatic nitrogens is 2. The fourth-order valence-electron chi connectivity index (χ4n) is 5.42. The molecule has 0 aliphatic carbocycles. The third-order valence-corrected chi connectivity index (χ3v) is 8.09. The van der Waals surface area contributed by atoms with E-state index in [0.717, 1.165) is 48.1 Å². The molecule has 0 spiro atoms. The van der Waals surface area contributed by atoms with Gasteiger partial charge in [-0.05, 0) is 30.5 Å². The number of methoxy groups -OCH3 is 1. The Morgan fingerprint density at radius 2 is 1.58 bits per heavy atom. The van der Waals surface area contributed by atoms with Crippen molar-refractivity contribution in [2.75, 3.05) is 13.7 Å². The summed E-state index contributed by atoms with van der Waals surface area (Å²) in [5.74, 6) is -0.639. The van der Waals surface area contributed by atoms with Crippen molar-refractivity contribution < 1.29 is 29.3 Å². The lowest BCUT2D eigenvalue weighted by atomic mass is 10.0. The Balaban J connectivity index is 1.63. The summed E-state index contributed by atoms with van der Waals surface area (Å²) in [6, 6.07) is 5.62. The molecule has 250 valence electrons. The number of aromatic amines is 1. The summed E-state index contributed by atoms with van der Waals surface area (Å²) >= 11 is 0. The summed E-state index contributed by atoms with van der Waals surface area (Å²) in [5, 5.41) is 27.1. The van der Waals surface area contributed by atoms with Crippen LogP contribution in [0.4, 0.5) is 0 Å². The van der Waals surface area contributed by atoms with Gasteiger partial charge in [0.25, 0.3) is 5.56 Å². The molecule has 1 aliphatic rings. The maximum absolute atomic E-state index is 13.4. The van der Waals surface area contributed by atoms with E-state index in [9.17, 15) is 29.4 Å². The van der Waals surface area contributed by atoms with Crippen LogP contribution in [0.3, 0.4) is 0 Å². The van der Waals surface area contributed by atoms with Gasteiger partial charge < -0.3 is 36.1 Å². The van der Waals surface area contributed by atoms with Gasteiger partial charge in [0.1, 0.15) is 30.1 Å². The van der Waals surface area contributed by atoms with E-state index in [2.05, 4.69) is 22.5 Å². The zero-order valence-electron chi connectivity index (χ0n) is 26.3. The van der Waals surface area contributed by atoms with Crippen LogP contribution in [0.25, 0.3) is 0 Å². The maximum atomic E-state index is 13.4. The molecule has 2 heterocycles. The number of carbonyl (C=O) groups is 2. The first-order valence-corrected chi connectivity index (χ1v) is 16.0. The molecule has 13 nitrogen and oxygen atoms in total. The van der Waals surface area contributed by atoms with Gasteiger partial charge in [0, 0.05) is 18.8 Å². The number of amides is 2. The number of nitrogens with two attached hydrogens (primary N) is 1. The van der Waals surface area contributed by atoms with Crippen molar-refractivity contribution in [3.05, 3.63) is 62.9 Å². The van der Waals surface area contributed by atoms with Crippen molar-refractivity contribution in [3.8, 4) is 5.75 Å². The molecule has 1 aliphatic heterocycles. The molecule has 1 aromatic carbocycles. The van der Waals surface area contributed by atoms with Crippen LogP contribution in [0.2, 0.25) is 0 Å². The highest BCUT2D eigenvalue weighted by atomic mass is 16.6. The average Bonchev–Trinajstić information content (AvgIpc) is 3.31. The standard InChI is InChI=1S/C32H49N5O8/c1-3-4-5-6-7-8-9-10-11-12-18-34-30(42)25(36-29(41)23(33)20-21-13-15-22(44-2)16-14-21)28-26(39)27(40)31(45-28)37-19-17-24(38)35-32(37)43/h13-17,19,23,25-28,31,39-40H,3-12,18,20,33H2,1-2H3,(H,34,42)(H,36,41)(H,35,38,43)/t23-,25-,26?,27?,28?,31-/m1/s1. The van der Waals surface area contributed by atoms with Crippen LogP contribution in [-0.4, -0.2) is 75.6 Å². The van der Waals surface area contributed by atoms with Gasteiger partial charge in [-0.25, -0.2) is 4.79 Å². The Hall–Kier alpha value is -3.52. The molecule has 1 saturated heterocycles. The number of carbonyl (C=O) groups excluding carboxylic acids is 2. The third-order valence-electron chi connectivity index (χ3n) is 8.09. The number of ether oxygens (including phenoxy) is 2. The van der Waals surface area contributed by atoms with Crippen molar-refractivity contribution in [1.82, 2.24) is 20.2 Å². The van der Waals surface area contributed by atoms with Gasteiger partial charge in [0.05, 0.1) is 13.2 Å². The molecule has 7 N–H and O–H groups in total. The quantitative estimate of drug-likeness (QED) is 0.124. The van der Waals surface area contributed by atoms with Crippen LogP contribution in [0, 0.1) is 0 Å². The normalized spacial score (nSPS) is 20.8. The molecule has 3 rings (SSSR count). The first kappa shape index (κ1) is 36.0. The van der Waals surface area contributed by atoms with Crippen LogP contribution in [0.5, 0.6) is 5.75 Å². The third kappa shape index (κ3) is 10.8. The number of aliphatic hydroxyl groups excluding tert-OH is 2. The van der Waals surface area contributed by atoms with E-state index >= 15 is 0 Å². The molecule has 0 saturated carbocycles. The smallest absolute Gasteiger partial charge is 0.330 e. The van der Waals surface area contributed by atoms with Crippen LogP contribution in [0.15, 0.2) is 46.1 Å². The second kappa shape index (κ2) is 18.4. The Bertz CT molecular complexity index is 1310. The minimum absolute atomic E-state index is 0.162. The molecule has 6 atom stereocenters. The summed E-state index contributed by atoms with van der Waals surface area (Å²) < 4.78 is 11.9. The minimum Gasteiger partial charge on any atom is -0.497 e. The molecule has 0 bridgehead atoms. The van der Waals surface area contributed by atoms with Crippen molar-refractivity contribution in [2.24, 2.45) is 5.73 Å². The van der Waals surface area contributed by atoms with Crippen LogP contribution in [0.1, 0.15) is 82.9 Å². The molecule has 1 aromatic heterocycles. The molecule has 2 aromatic rings. The van der Waals surface area contributed by atoms with Crippen molar-refractivity contribution in [1.29, 1.82) is 0 Å². The van der Waals surface area contributed by atoms with Crippen molar-refractivity contribution in [2.45, 2.75) is 114 Å². The monoisotopic (exact) mass is 631 g/mol. The lowest BCUT2D eigenvalue weighted by Gasteiger charge is -2.27. The van der Waals surface area contributed by atoms with Gasteiger partial charge in [-0.15, -0.1) is 0 Å². The number of hydrogen-bond donors (Lipinski definition) is 6. The predicted octanol–water partition coefficient (Wildman–Crippen LogP) is 1.26. The van der Waals surface area contributed by atoms with Gasteiger partial charge in [-0.3, -0.25) is 23.9 Å². The Labute approximate surface area is 263 Å². The van der Waals surface area contributed by atoms with E-state index in [1.807, 2.05) is 0 Å². The largest absolute Gasteiger partial charge is 0.497 e. The number of nitrogens with one attached hydrogen (secondary N) is 3. The Morgan fingerprint density at radius 1 is 0.956 bits per heavy atom. The molecule has 1 fully saturated rings. The second-order valence-electron chi connectivity index (χ2n) is 11.6. The first-order chi connectivity index (χ1) is 21.7. The summed E-state index contributed by atoms with van der Waals surface area (Å²) in [6.07, 6.45) is 6.48. The van der Waals surface area contributed by atoms with Crippen molar-refractivity contribution >= 4 is 11.8 Å². The molecule has 2 amide bonds. The second-order valence-corrected chi connectivity index (χ2v) is 11.6. The number of unbranched alkanes of at least 4 members (excludes halogenated alkanes) is 9. The molecular formula is C32H49N5O8. The van der Waals surface area contributed by atoms with Gasteiger partial charge in [-0.2, -0.15) is 0 Å². The van der Waals surface area contributed by atoms with Gasteiger partial charge >= 0.3 is 5.69 Å². The fraction of sp³-hybridized carbons (Fsp3) is 0.625. The molecule has 45 heavy (non-hydrogen) atoms. The van der Waals surface area contributed by atoms with E-state index in [1.54, 1.807) is 31.4 Å². The summed E-state index contributed by atoms with van der Waals surface area (Å²) in [5.41, 5.74) is 5.44. The summed E-state index contributed by atoms with van der Waals surface area (Å²) in [7, 11) is 1.55. The van der Waals surface area contributed by atoms with E-state index in [0.29, 0.717) is 12.3 Å². The van der Waals surface area contributed by atoms with E-state index in [1.165, 1.54) is 38.5 Å². The van der Waals surface area contributed by atoms with Crippen LogP contribution < -0.4 is 32.4 Å². The molecule has 0 radical (unpaired) electrons. The Morgan fingerprint density at radius 3 is 2.18 bits per heavy atom. The first-order valence-electron chi connectivity index (χ1n) is 16.0. The lowest BCUT2D eigenvalue weighted by molar-refractivity contribution is -0.136. The van der Waals surface area contributed by atoms with E-state index in [4.69, 9.17) is 15.2 Å². The number of H-pyrrole nitrogens is 1. The number of hydrogen-bond acceptors (Lipinski definition) is 9. The highest BCUT2D eigenvalue weighted by molar-refractivity contribution is 5.90. The SMILES string of the molecule is CCCCCCCCCCCCNC(=O)[C@H](NC(=O)[C@H](N)Cc1ccc(OC)cc1)C1O[C@@H](n2ccc(=O)[nH]c2=O)C(O)C1O. The average molecular weight is 632 g/mol. The van der Waals surface area contributed by atoms with E-state index < -0.39 is 59.7 Å². The lowest BCUT2D eigenvalue weighted by Crippen LogP contribution is -2.59. The van der Waals surface area contributed by atoms with Gasteiger partial charge in [-0.1, -0.05) is 76.8 Å². The molecule has 3 unspecified atom stereocenters.